The third-order valence-electron chi connectivity index (χ3n) is 2.83. The van der Waals surface area contributed by atoms with Crippen molar-refractivity contribution in [1.82, 2.24) is 4.98 Å². The van der Waals surface area contributed by atoms with Gasteiger partial charge in [0, 0.05) is 5.69 Å². The molecule has 0 aliphatic heterocycles. The Morgan fingerprint density at radius 2 is 2.18 bits per heavy atom. The van der Waals surface area contributed by atoms with Gasteiger partial charge in [-0.1, -0.05) is 12.1 Å². The molecule has 1 aromatic carbocycles. The van der Waals surface area contributed by atoms with Gasteiger partial charge in [-0.2, -0.15) is 0 Å². The largest absolute Gasteiger partial charge is 0.469 e. The van der Waals surface area contributed by atoms with E-state index in [0.717, 1.165) is 5.56 Å². The summed E-state index contributed by atoms with van der Waals surface area (Å²) in [5.41, 5.74) is 13.3. The van der Waals surface area contributed by atoms with E-state index in [2.05, 4.69) is 15.3 Å². The first-order valence-electron chi connectivity index (χ1n) is 6.54. The summed E-state index contributed by atoms with van der Waals surface area (Å²) in [7, 11) is 1.45. The van der Waals surface area contributed by atoms with Crippen LogP contribution in [0.2, 0.25) is 0 Å². The van der Waals surface area contributed by atoms with Crippen molar-refractivity contribution in [1.29, 1.82) is 0 Å². The molecule has 1 amide bonds. The Morgan fingerprint density at radius 3 is 2.86 bits per heavy atom. The van der Waals surface area contributed by atoms with E-state index in [9.17, 15) is 4.79 Å². The zero-order chi connectivity index (χ0) is 15.9. The summed E-state index contributed by atoms with van der Waals surface area (Å²) >= 11 is 0. The monoisotopic (exact) mass is 299 g/mol. The molecule has 0 spiro atoms. The maximum absolute atomic E-state index is 12.1. The van der Waals surface area contributed by atoms with Crippen LogP contribution in [-0.4, -0.2) is 24.0 Å². The number of benzene rings is 1. The number of carbonyl (C=O) groups excluding carboxylic acids is 1. The van der Waals surface area contributed by atoms with Gasteiger partial charge in [0.25, 0.3) is 11.9 Å². The van der Waals surface area contributed by atoms with E-state index in [4.69, 9.17) is 16.2 Å². The lowest BCUT2D eigenvalue weighted by Gasteiger charge is -2.06. The predicted molar refractivity (Wildman–Crippen MR) is 85.4 cm³/mol. The van der Waals surface area contributed by atoms with Gasteiger partial charge in [-0.15, -0.1) is 0 Å². The molecular weight excluding hydrogens is 282 g/mol. The first-order chi connectivity index (χ1) is 10.6. The number of ether oxygens (including phenoxy) is 1. The van der Waals surface area contributed by atoms with Crippen molar-refractivity contribution in [2.45, 2.75) is 6.54 Å². The normalized spacial score (nSPS) is 11.0. The van der Waals surface area contributed by atoms with E-state index in [1.54, 1.807) is 18.2 Å². The number of amides is 1. The smallest absolute Gasteiger partial charge is 0.281 e. The van der Waals surface area contributed by atoms with Crippen LogP contribution >= 0.6 is 0 Å². The van der Waals surface area contributed by atoms with Crippen LogP contribution < -0.4 is 16.8 Å². The van der Waals surface area contributed by atoms with Crippen molar-refractivity contribution < 1.29 is 9.53 Å². The Bertz CT molecular complexity index is 683. The SMILES string of the molecule is CO/C(N)=N/Cc1cccc(NC(=O)c2ccc(N)cn2)c1. The molecule has 2 rings (SSSR count). The van der Waals surface area contributed by atoms with Crippen molar-refractivity contribution in [2.75, 3.05) is 18.2 Å². The highest BCUT2D eigenvalue weighted by Crippen LogP contribution is 2.13. The van der Waals surface area contributed by atoms with Gasteiger partial charge in [0.15, 0.2) is 0 Å². The Morgan fingerprint density at radius 1 is 1.36 bits per heavy atom. The van der Waals surface area contributed by atoms with Gasteiger partial charge >= 0.3 is 0 Å². The second-order valence-electron chi connectivity index (χ2n) is 4.49. The van der Waals surface area contributed by atoms with Gasteiger partial charge in [0.1, 0.15) is 5.69 Å². The molecule has 1 heterocycles. The molecule has 7 heteroatoms. The quantitative estimate of drug-likeness (QED) is 0.582. The van der Waals surface area contributed by atoms with E-state index in [1.807, 2.05) is 18.2 Å². The van der Waals surface area contributed by atoms with Crippen molar-refractivity contribution in [3.63, 3.8) is 0 Å². The van der Waals surface area contributed by atoms with E-state index < -0.39 is 0 Å². The molecule has 22 heavy (non-hydrogen) atoms. The van der Waals surface area contributed by atoms with Gasteiger partial charge < -0.3 is 21.5 Å². The minimum absolute atomic E-state index is 0.112. The van der Waals surface area contributed by atoms with Crippen LogP contribution in [0.15, 0.2) is 47.6 Å². The number of nitrogens with zero attached hydrogens (tertiary/aromatic N) is 2. The van der Waals surface area contributed by atoms with Gasteiger partial charge in [0.05, 0.1) is 25.5 Å². The highest BCUT2D eigenvalue weighted by atomic mass is 16.5. The van der Waals surface area contributed by atoms with Crippen LogP contribution in [0.25, 0.3) is 0 Å². The molecule has 0 saturated heterocycles. The van der Waals surface area contributed by atoms with Crippen LogP contribution in [0, 0.1) is 0 Å². The molecular formula is C15H17N5O2. The highest BCUT2D eigenvalue weighted by Gasteiger charge is 2.07. The molecule has 1 aromatic heterocycles. The number of aromatic nitrogens is 1. The lowest BCUT2D eigenvalue weighted by atomic mass is 10.2. The van der Waals surface area contributed by atoms with Crippen LogP contribution in [0.3, 0.4) is 0 Å². The lowest BCUT2D eigenvalue weighted by Crippen LogP contribution is -2.14. The zero-order valence-electron chi connectivity index (χ0n) is 12.1. The predicted octanol–water partition coefficient (Wildman–Crippen LogP) is 1.38. The van der Waals surface area contributed by atoms with Crippen LogP contribution in [-0.2, 0) is 11.3 Å². The molecule has 0 atom stereocenters. The molecule has 2 aromatic rings. The van der Waals surface area contributed by atoms with Gasteiger partial charge in [-0.25, -0.2) is 9.98 Å². The Balaban J connectivity index is 2.06. The van der Waals surface area contributed by atoms with Crippen LogP contribution in [0.1, 0.15) is 16.1 Å². The number of nitrogen functional groups attached to an aromatic ring is 1. The molecule has 5 N–H and O–H groups in total. The minimum Gasteiger partial charge on any atom is -0.469 e. The number of hydrogen-bond donors (Lipinski definition) is 3. The lowest BCUT2D eigenvalue weighted by molar-refractivity contribution is 0.102. The van der Waals surface area contributed by atoms with Gasteiger partial charge in [-0.3, -0.25) is 4.79 Å². The summed E-state index contributed by atoms with van der Waals surface area (Å²) in [6, 6.07) is 10.6. The van der Waals surface area contributed by atoms with Crippen molar-refractivity contribution >= 4 is 23.3 Å². The van der Waals surface area contributed by atoms with Crippen molar-refractivity contribution in [2.24, 2.45) is 10.7 Å². The number of amidine groups is 1. The second kappa shape index (κ2) is 7.07. The number of pyridine rings is 1. The number of hydrogen-bond acceptors (Lipinski definition) is 5. The van der Waals surface area contributed by atoms with Gasteiger partial charge in [-0.05, 0) is 29.8 Å². The third kappa shape index (κ3) is 4.20. The molecule has 114 valence electrons. The van der Waals surface area contributed by atoms with Crippen LogP contribution in [0.5, 0.6) is 0 Å². The average Bonchev–Trinajstić information content (AvgIpc) is 2.53. The van der Waals surface area contributed by atoms with E-state index >= 15 is 0 Å². The molecule has 7 nitrogen and oxygen atoms in total. The van der Waals surface area contributed by atoms with E-state index in [0.29, 0.717) is 23.6 Å². The molecule has 0 fully saturated rings. The number of anilines is 2. The molecule has 0 aliphatic carbocycles. The first kappa shape index (κ1) is 15.3. The summed E-state index contributed by atoms with van der Waals surface area (Å²) in [5.74, 6) is -0.308. The molecule has 0 bridgehead atoms. The number of rotatable bonds is 4. The molecule has 0 radical (unpaired) electrons. The topological polar surface area (TPSA) is 116 Å². The maximum atomic E-state index is 12.1. The molecule has 0 saturated carbocycles. The fourth-order valence-electron chi connectivity index (χ4n) is 1.72. The maximum Gasteiger partial charge on any atom is 0.281 e. The summed E-state index contributed by atoms with van der Waals surface area (Å²) in [4.78, 5) is 20.1. The van der Waals surface area contributed by atoms with Crippen molar-refractivity contribution in [3.05, 3.63) is 53.9 Å². The van der Waals surface area contributed by atoms with E-state index in [1.165, 1.54) is 13.3 Å². The standard InChI is InChI=1S/C15H17N5O2/c1-22-15(17)19-8-10-3-2-4-12(7-10)20-14(21)13-6-5-11(16)9-18-13/h2-7,9H,8,16H2,1H3,(H2,17,19)(H,20,21). The minimum atomic E-state index is -0.308. The average molecular weight is 299 g/mol. The Hall–Kier alpha value is -3.09. The number of nitrogens with two attached hydrogens (primary N) is 2. The Labute approximate surface area is 128 Å². The molecule has 0 aliphatic rings. The Kier molecular flexibility index (Phi) is 4.92. The summed E-state index contributed by atoms with van der Waals surface area (Å²) in [6.45, 7) is 0.365. The van der Waals surface area contributed by atoms with E-state index in [-0.39, 0.29) is 11.9 Å². The summed E-state index contributed by atoms with van der Waals surface area (Å²) in [5, 5.41) is 2.77. The van der Waals surface area contributed by atoms with Crippen molar-refractivity contribution in [3.8, 4) is 0 Å². The summed E-state index contributed by atoms with van der Waals surface area (Å²) in [6.07, 6.45) is 1.44. The zero-order valence-corrected chi connectivity index (χ0v) is 12.1. The highest BCUT2D eigenvalue weighted by molar-refractivity contribution is 6.02. The second-order valence-corrected chi connectivity index (χ2v) is 4.49. The van der Waals surface area contributed by atoms with Crippen LogP contribution in [0.4, 0.5) is 11.4 Å². The van der Waals surface area contributed by atoms with Gasteiger partial charge in [0.2, 0.25) is 0 Å². The molecule has 0 unspecified atom stereocenters. The third-order valence-corrected chi connectivity index (χ3v) is 2.83. The fraction of sp³-hybridized carbons (Fsp3) is 0.133. The number of carbonyl (C=O) groups is 1. The number of methoxy groups -OCH3 is 1. The summed E-state index contributed by atoms with van der Waals surface area (Å²) < 4.78 is 4.77. The fourth-order valence-corrected chi connectivity index (χ4v) is 1.72. The first-order valence-corrected chi connectivity index (χ1v) is 6.54. The number of aliphatic imine (C=N–C) groups is 1. The number of nitrogens with one attached hydrogen (secondary N) is 1.